The lowest BCUT2D eigenvalue weighted by molar-refractivity contribution is 0.360. The molecule has 1 aliphatic heterocycles. The molecule has 0 unspecified atom stereocenters. The van der Waals surface area contributed by atoms with Crippen LogP contribution in [0.3, 0.4) is 0 Å². The molecule has 2 aromatic heterocycles. The van der Waals surface area contributed by atoms with Gasteiger partial charge < -0.3 is 14.0 Å². The van der Waals surface area contributed by atoms with E-state index in [2.05, 4.69) is 241 Å². The summed E-state index contributed by atoms with van der Waals surface area (Å²) in [4.78, 5) is 5.27. The van der Waals surface area contributed by atoms with E-state index in [0.717, 1.165) is 56.0 Å². The van der Waals surface area contributed by atoms with Crippen LogP contribution in [0, 0.1) is 0 Å². The number of benzene rings is 10. The van der Waals surface area contributed by atoms with Crippen LogP contribution in [0.25, 0.3) is 83.4 Å². The van der Waals surface area contributed by atoms with Gasteiger partial charge in [0.1, 0.15) is 0 Å². The van der Waals surface area contributed by atoms with Crippen molar-refractivity contribution in [3.05, 3.63) is 277 Å². The zero-order valence-electron chi connectivity index (χ0n) is 38.0. The molecule has 4 heteroatoms. The number of hydrogen-bond donors (Lipinski definition) is 0. The standard InChI is InChI=1S/C66H42N2O2/c1-4-17-45(18-5-1)58-39-47(43-35-37-50(38-36-43)68-60-28-14-11-24-53(60)54-25-12-15-29-61(54)68)40-59(67-58)46-33-31-44(32-34-46)51-26-16-30-62-65(51)70-64-42-57-55(41-63(64)69-62)52-23-10-13-27-56(52)66(57,48-19-6-2-7-20-48)49-21-8-3-9-22-49/h1-42H. The number of rotatable bonds is 7. The Hall–Kier alpha value is -9.25. The molecule has 0 N–H and O–H groups in total. The first-order valence-electron chi connectivity index (χ1n) is 23.8. The lowest BCUT2D eigenvalue weighted by atomic mass is 9.67. The van der Waals surface area contributed by atoms with E-state index in [9.17, 15) is 0 Å². The van der Waals surface area contributed by atoms with E-state index in [1.54, 1.807) is 0 Å². The van der Waals surface area contributed by atoms with Gasteiger partial charge in [0.05, 0.1) is 27.8 Å². The monoisotopic (exact) mass is 894 g/mol. The fraction of sp³-hybridized carbons (Fsp3) is 0.0152. The Bertz CT molecular complexity index is 3880. The summed E-state index contributed by atoms with van der Waals surface area (Å²) in [5.41, 5.74) is 18.2. The largest absolute Gasteiger partial charge is 0.449 e. The van der Waals surface area contributed by atoms with Gasteiger partial charge in [-0.3, -0.25) is 0 Å². The third-order valence-corrected chi connectivity index (χ3v) is 14.4. The lowest BCUT2D eigenvalue weighted by Crippen LogP contribution is -2.28. The number of aromatic nitrogens is 2. The van der Waals surface area contributed by atoms with E-state index >= 15 is 0 Å². The smallest absolute Gasteiger partial charge is 0.177 e. The molecular weight excluding hydrogens is 853 g/mol. The fourth-order valence-corrected chi connectivity index (χ4v) is 11.2. The molecule has 0 saturated carbocycles. The van der Waals surface area contributed by atoms with Gasteiger partial charge in [0.15, 0.2) is 23.0 Å². The minimum Gasteiger partial charge on any atom is -0.449 e. The zero-order chi connectivity index (χ0) is 46.2. The van der Waals surface area contributed by atoms with Crippen molar-refractivity contribution in [1.29, 1.82) is 0 Å². The van der Waals surface area contributed by atoms with Crippen molar-refractivity contribution < 1.29 is 9.47 Å². The Morgan fingerprint density at radius 3 is 1.53 bits per heavy atom. The van der Waals surface area contributed by atoms with Crippen LogP contribution in [0.1, 0.15) is 22.3 Å². The van der Waals surface area contributed by atoms with Gasteiger partial charge in [0.2, 0.25) is 0 Å². The van der Waals surface area contributed by atoms with Crippen LogP contribution < -0.4 is 9.47 Å². The van der Waals surface area contributed by atoms with Gasteiger partial charge in [-0.1, -0.05) is 200 Å². The highest BCUT2D eigenvalue weighted by atomic mass is 16.6. The molecule has 3 heterocycles. The molecule has 4 nitrogen and oxygen atoms in total. The van der Waals surface area contributed by atoms with Crippen molar-refractivity contribution in [3.8, 4) is 84.6 Å². The maximum atomic E-state index is 7.03. The van der Waals surface area contributed by atoms with Crippen LogP contribution in [-0.4, -0.2) is 9.55 Å². The fourth-order valence-electron chi connectivity index (χ4n) is 11.2. The number of pyridine rings is 1. The molecule has 0 radical (unpaired) electrons. The molecule has 12 aromatic rings. The molecule has 0 fully saturated rings. The normalized spacial score (nSPS) is 12.9. The van der Waals surface area contributed by atoms with Crippen molar-refractivity contribution >= 4 is 21.8 Å². The van der Waals surface area contributed by atoms with Gasteiger partial charge >= 0.3 is 0 Å². The van der Waals surface area contributed by atoms with E-state index in [4.69, 9.17) is 14.5 Å². The predicted octanol–water partition coefficient (Wildman–Crippen LogP) is 17.1. The van der Waals surface area contributed by atoms with Crippen LogP contribution in [0.15, 0.2) is 255 Å². The van der Waals surface area contributed by atoms with Gasteiger partial charge in [0.25, 0.3) is 0 Å². The van der Waals surface area contributed by atoms with Crippen molar-refractivity contribution in [2.75, 3.05) is 0 Å². The molecule has 0 amide bonds. The number of fused-ring (bicyclic) bond motifs is 8. The topological polar surface area (TPSA) is 36.3 Å². The first-order valence-corrected chi connectivity index (χ1v) is 23.8. The summed E-state index contributed by atoms with van der Waals surface area (Å²) in [6.45, 7) is 0. The molecule has 2 aliphatic rings. The van der Waals surface area contributed by atoms with Gasteiger partial charge in [0, 0.05) is 33.2 Å². The summed E-state index contributed by atoms with van der Waals surface area (Å²) in [7, 11) is 0. The van der Waals surface area contributed by atoms with Gasteiger partial charge in [-0.2, -0.15) is 0 Å². The third kappa shape index (κ3) is 6.20. The van der Waals surface area contributed by atoms with E-state index in [0.29, 0.717) is 23.0 Å². The highest BCUT2D eigenvalue weighted by molar-refractivity contribution is 6.09. The van der Waals surface area contributed by atoms with Crippen LogP contribution in [0.4, 0.5) is 0 Å². The van der Waals surface area contributed by atoms with Crippen molar-refractivity contribution in [2.24, 2.45) is 0 Å². The number of para-hydroxylation sites is 3. The zero-order valence-corrected chi connectivity index (χ0v) is 38.0. The summed E-state index contributed by atoms with van der Waals surface area (Å²) in [6.07, 6.45) is 0. The minimum atomic E-state index is -0.551. The quantitative estimate of drug-likeness (QED) is 0.160. The number of nitrogens with zero attached hydrogens (tertiary/aromatic N) is 2. The third-order valence-electron chi connectivity index (χ3n) is 14.4. The maximum absolute atomic E-state index is 7.03. The average Bonchev–Trinajstić information content (AvgIpc) is 3.93. The van der Waals surface area contributed by atoms with Crippen LogP contribution >= 0.6 is 0 Å². The highest BCUT2D eigenvalue weighted by Gasteiger charge is 2.47. The van der Waals surface area contributed by atoms with Crippen LogP contribution in [0.2, 0.25) is 0 Å². The second kappa shape index (κ2) is 15.9. The highest BCUT2D eigenvalue weighted by Crippen LogP contribution is 2.60. The number of ether oxygens (including phenoxy) is 2. The summed E-state index contributed by atoms with van der Waals surface area (Å²) in [5, 5.41) is 2.50. The minimum absolute atomic E-state index is 0.551. The predicted molar refractivity (Wildman–Crippen MR) is 284 cm³/mol. The molecule has 0 saturated heterocycles. The van der Waals surface area contributed by atoms with Crippen molar-refractivity contribution in [1.82, 2.24) is 9.55 Å². The summed E-state index contributed by atoms with van der Waals surface area (Å²) >= 11 is 0. The molecule has 328 valence electrons. The molecular formula is C66H42N2O2. The van der Waals surface area contributed by atoms with E-state index in [-0.39, 0.29) is 0 Å². The molecule has 10 aromatic carbocycles. The van der Waals surface area contributed by atoms with Gasteiger partial charge in [-0.15, -0.1) is 0 Å². The van der Waals surface area contributed by atoms with Gasteiger partial charge in [-0.05, 0) is 105 Å². The number of hydrogen-bond acceptors (Lipinski definition) is 3. The second-order valence-electron chi connectivity index (χ2n) is 18.2. The first kappa shape index (κ1) is 39.9. The van der Waals surface area contributed by atoms with E-state index in [1.807, 2.05) is 18.2 Å². The molecule has 70 heavy (non-hydrogen) atoms. The molecule has 0 spiro atoms. The maximum Gasteiger partial charge on any atom is 0.177 e. The Kier molecular flexibility index (Phi) is 9.08. The summed E-state index contributed by atoms with van der Waals surface area (Å²) in [5.74, 6) is 2.77. The van der Waals surface area contributed by atoms with E-state index in [1.165, 1.54) is 49.6 Å². The lowest BCUT2D eigenvalue weighted by Gasteiger charge is -2.34. The van der Waals surface area contributed by atoms with Crippen LogP contribution in [0.5, 0.6) is 23.0 Å². The van der Waals surface area contributed by atoms with Crippen LogP contribution in [-0.2, 0) is 5.41 Å². The summed E-state index contributed by atoms with van der Waals surface area (Å²) in [6, 6.07) is 90.6. The summed E-state index contributed by atoms with van der Waals surface area (Å²) < 4.78 is 16.2. The van der Waals surface area contributed by atoms with Crippen molar-refractivity contribution in [2.45, 2.75) is 5.41 Å². The molecule has 0 atom stereocenters. The molecule has 0 bridgehead atoms. The SMILES string of the molecule is c1ccc(-c2cc(-c3ccc(-n4c5ccccc5c5ccccc54)cc3)cc(-c3ccc(-c4cccc5c4Oc4cc6c(cc4O5)-c4ccccc4C6(c4ccccc4)c4ccccc4)cc3)n2)cc1. The molecule has 14 rings (SSSR count). The Balaban J connectivity index is 0.826. The molecule has 1 aliphatic carbocycles. The first-order chi connectivity index (χ1) is 34.7. The Labute approximate surface area is 406 Å². The average molecular weight is 895 g/mol. The van der Waals surface area contributed by atoms with Gasteiger partial charge in [-0.25, -0.2) is 4.98 Å². The Morgan fingerprint density at radius 1 is 0.329 bits per heavy atom. The Morgan fingerprint density at radius 2 is 0.857 bits per heavy atom. The van der Waals surface area contributed by atoms with E-state index < -0.39 is 5.41 Å². The van der Waals surface area contributed by atoms with Crippen molar-refractivity contribution in [3.63, 3.8) is 0 Å². The second-order valence-corrected chi connectivity index (χ2v) is 18.2.